The third-order valence-corrected chi connectivity index (χ3v) is 21.6. The number of hydrogen-bond acceptors (Lipinski definition) is 10. The molecule has 0 fully saturated rings. The third kappa shape index (κ3) is 29.6. The van der Waals surface area contributed by atoms with Crippen LogP contribution in [0.1, 0.15) is 386 Å². The summed E-state index contributed by atoms with van der Waals surface area (Å²) in [4.78, 5) is 10.9. The highest BCUT2D eigenvalue weighted by atomic mass is 16.5. The smallest absolute Gasteiger partial charge is 0.144 e. The minimum atomic E-state index is -1.84. The van der Waals surface area contributed by atoms with Gasteiger partial charge in [0.25, 0.3) is 0 Å². The van der Waals surface area contributed by atoms with E-state index in [9.17, 15) is 15.3 Å². The molecule has 0 heterocycles. The van der Waals surface area contributed by atoms with Gasteiger partial charge in [-0.25, -0.2) is 0 Å². The Morgan fingerprint density at radius 2 is 0.570 bits per heavy atom. The zero-order chi connectivity index (χ0) is 78.5. The van der Waals surface area contributed by atoms with Gasteiger partial charge in [-0.1, -0.05) is 302 Å². The van der Waals surface area contributed by atoms with Crippen LogP contribution in [0.3, 0.4) is 0 Å². The number of phenols is 1. The van der Waals surface area contributed by atoms with Crippen molar-refractivity contribution in [1.82, 2.24) is 0 Å². The monoisotopic (exact) mass is 1470 g/mol. The summed E-state index contributed by atoms with van der Waals surface area (Å²) in [5.74, 6) is 2.86. The molecule has 10 nitrogen and oxygen atoms in total. The van der Waals surface area contributed by atoms with E-state index in [2.05, 4.69) is 166 Å². The Morgan fingerprint density at radius 1 is 0.336 bits per heavy atom. The van der Waals surface area contributed by atoms with Crippen molar-refractivity contribution in [2.24, 2.45) is 9.98 Å². The van der Waals surface area contributed by atoms with Crippen LogP contribution in [-0.4, -0.2) is 72.9 Å². The van der Waals surface area contributed by atoms with Crippen LogP contribution in [0.2, 0.25) is 0 Å². The molecule has 5 aromatic carbocycles. The first-order valence-electron chi connectivity index (χ1n) is 42.7. The lowest BCUT2D eigenvalue weighted by Crippen LogP contribution is -2.39. The highest BCUT2D eigenvalue weighted by Crippen LogP contribution is 2.49. The van der Waals surface area contributed by atoms with Crippen LogP contribution in [0, 0.1) is 0 Å². The van der Waals surface area contributed by atoms with Gasteiger partial charge in [-0.2, -0.15) is 0 Å². The van der Waals surface area contributed by atoms with Crippen molar-refractivity contribution in [2.45, 2.75) is 375 Å². The van der Waals surface area contributed by atoms with Crippen molar-refractivity contribution in [3.8, 4) is 34.5 Å². The van der Waals surface area contributed by atoms with E-state index in [4.69, 9.17) is 33.7 Å². The molecule has 10 heteroatoms. The summed E-state index contributed by atoms with van der Waals surface area (Å²) in [5, 5.41) is 42.3. The highest BCUT2D eigenvalue weighted by molar-refractivity contribution is 5.93. The van der Waals surface area contributed by atoms with E-state index >= 15 is 0 Å². The van der Waals surface area contributed by atoms with E-state index in [0.29, 0.717) is 95.2 Å². The van der Waals surface area contributed by atoms with Crippen LogP contribution in [0.25, 0.3) is 0 Å². The molecule has 0 unspecified atom stereocenters. The summed E-state index contributed by atoms with van der Waals surface area (Å²) in [6.45, 7) is 45.7. The molecule has 0 aliphatic carbocycles. The van der Waals surface area contributed by atoms with Gasteiger partial charge in [-0.05, 0) is 163 Å². The minimum absolute atomic E-state index is 0.0708. The van der Waals surface area contributed by atoms with E-state index in [-0.39, 0.29) is 27.4 Å². The van der Waals surface area contributed by atoms with Gasteiger partial charge in [0.05, 0.1) is 45.1 Å². The van der Waals surface area contributed by atoms with E-state index in [1.807, 2.05) is 56.3 Å². The summed E-state index contributed by atoms with van der Waals surface area (Å²) in [5.41, 5.74) is 2.57. The number of allylic oxidation sites excluding steroid dienone is 1. The Balaban J connectivity index is 1.80. The average molecular weight is 1470 g/mol. The van der Waals surface area contributed by atoms with Gasteiger partial charge >= 0.3 is 0 Å². The summed E-state index contributed by atoms with van der Waals surface area (Å²) in [6, 6.07) is 27.1. The van der Waals surface area contributed by atoms with E-state index in [1.54, 1.807) is 12.4 Å². The number of ether oxygens (including phenoxy) is 5. The normalized spacial score (nSPS) is 13.2. The minimum Gasteiger partial charge on any atom is -0.507 e. The van der Waals surface area contributed by atoms with Gasteiger partial charge in [-0.15, -0.1) is 6.58 Å². The average Bonchev–Trinajstić information content (AvgIpc) is 0.747. The lowest BCUT2D eigenvalue weighted by atomic mass is 9.75. The van der Waals surface area contributed by atoms with E-state index < -0.39 is 23.3 Å². The molecule has 0 bridgehead atoms. The van der Waals surface area contributed by atoms with Gasteiger partial charge in [-0.3, -0.25) is 9.98 Å². The maximum absolute atomic E-state index is 14.6. The van der Waals surface area contributed by atoms with Gasteiger partial charge in [0.2, 0.25) is 0 Å². The van der Waals surface area contributed by atoms with E-state index in [0.717, 1.165) is 125 Å². The summed E-state index contributed by atoms with van der Waals surface area (Å²) < 4.78 is 34.4. The first-order valence-corrected chi connectivity index (χ1v) is 42.7. The second-order valence-electron chi connectivity index (χ2n) is 35.1. The lowest BCUT2D eigenvalue weighted by Gasteiger charge is -2.37. The number of unbranched alkanes of at least 4 members (excludes halogenated alkanes) is 27. The van der Waals surface area contributed by atoms with Crippen molar-refractivity contribution >= 4 is 12.4 Å². The van der Waals surface area contributed by atoms with Gasteiger partial charge < -0.3 is 39.0 Å². The number of aliphatic hydroxyl groups is 2. The molecule has 0 radical (unpaired) electrons. The second-order valence-corrected chi connectivity index (χ2v) is 35.1. The Morgan fingerprint density at radius 3 is 0.813 bits per heavy atom. The molecule has 0 saturated carbocycles. The van der Waals surface area contributed by atoms with Crippen LogP contribution >= 0.6 is 0 Å². The molecule has 598 valence electrons. The van der Waals surface area contributed by atoms with Crippen molar-refractivity contribution in [3.05, 3.63) is 153 Å². The van der Waals surface area contributed by atoms with Crippen molar-refractivity contribution in [1.29, 1.82) is 0 Å². The van der Waals surface area contributed by atoms with Crippen LogP contribution < -0.4 is 23.7 Å². The number of rotatable bonds is 53. The topological polar surface area (TPSA) is 132 Å². The number of aliphatic imine (C=N–C) groups is 2. The zero-order valence-corrected chi connectivity index (χ0v) is 71.1. The zero-order valence-electron chi connectivity index (χ0n) is 71.1. The molecule has 0 saturated heterocycles. The van der Waals surface area contributed by atoms with Crippen molar-refractivity contribution < 1.29 is 39.0 Å². The standard InChI is InChI=1S/C97H152N2O8/c1-20-25-30-35-40-41-42-47-48-61-103-82-66-76(72-98-74(6)96(101,83-68-78(92(8,9)10)53-57-87(83)104-62-49-43-36-31-26-21-2)84-69-79(93(11,12)13)54-58-88(84)105-63-50-44-37-32-27-22-3)91(100)77(67-82)73-99-75(7)97(102,85-70-80(94(14,15)16)55-59-89(85)106-64-51-45-38-33-28-23-4)86-71-81(95(17,18)19)56-60-90(86)107-65-52-46-39-34-29-24-5/h20,53-60,66-75,100-102H,1,21-52,61-65H2,2-19H3/t74-,75-/m1/s1. The number of phenolic OH excluding ortho intramolecular Hbond substituents is 1. The molecule has 0 aromatic heterocycles. The Bertz CT molecular complexity index is 3040. The predicted octanol–water partition coefficient (Wildman–Crippen LogP) is 26.7. The lowest BCUT2D eigenvalue weighted by molar-refractivity contribution is 0.0516. The van der Waals surface area contributed by atoms with Crippen molar-refractivity contribution in [2.75, 3.05) is 33.0 Å². The fraction of sp³-hybridized carbons (Fsp3) is 0.649. The molecule has 0 spiro atoms. The highest BCUT2D eigenvalue weighted by Gasteiger charge is 2.46. The summed E-state index contributed by atoms with van der Waals surface area (Å²) in [7, 11) is 0. The van der Waals surface area contributed by atoms with Crippen LogP contribution in [0.5, 0.6) is 34.5 Å². The largest absolute Gasteiger partial charge is 0.507 e. The Labute approximate surface area is 653 Å². The molecule has 3 N–H and O–H groups in total. The Hall–Kier alpha value is -6.10. The molecule has 5 rings (SSSR count). The summed E-state index contributed by atoms with van der Waals surface area (Å²) >= 11 is 0. The number of nitrogens with zero attached hydrogens (tertiary/aromatic N) is 2. The SMILES string of the molecule is C=CCCCCCCCCCOc1cc(C=N[C@H](C)C(O)(c2cc(C(C)(C)C)ccc2OCCCCCCCC)c2cc(C(C)(C)C)ccc2OCCCCCCCC)c(O)c(C=N[C@H](C)C(O)(c2cc(C(C)(C)C)ccc2OCCCCCCCC)c2cc(C(C)(C)C)ccc2OCCCCCCCC)c1. The number of benzene rings is 5. The van der Waals surface area contributed by atoms with Crippen LogP contribution in [-0.2, 0) is 32.9 Å². The maximum Gasteiger partial charge on any atom is 0.144 e. The number of hydrogen-bond donors (Lipinski definition) is 3. The van der Waals surface area contributed by atoms with Crippen LogP contribution in [0.4, 0.5) is 0 Å². The quantitative estimate of drug-likeness (QED) is 0.0199. The Kier molecular flexibility index (Phi) is 39.8. The number of aromatic hydroxyl groups is 1. The molecule has 2 atom stereocenters. The molecule has 5 aromatic rings. The molecule has 107 heavy (non-hydrogen) atoms. The fourth-order valence-corrected chi connectivity index (χ4v) is 14.1. The molecule has 0 amide bonds. The molecule has 0 aliphatic rings. The first kappa shape index (κ1) is 91.5. The van der Waals surface area contributed by atoms with E-state index in [1.165, 1.54) is 103 Å². The third-order valence-electron chi connectivity index (χ3n) is 21.6. The molecule has 0 aliphatic heterocycles. The predicted molar refractivity (Wildman–Crippen MR) is 457 cm³/mol. The molecular weight excluding hydrogens is 1320 g/mol. The second kappa shape index (κ2) is 46.5. The van der Waals surface area contributed by atoms with Gasteiger partial charge in [0, 0.05) is 45.8 Å². The van der Waals surface area contributed by atoms with Crippen molar-refractivity contribution in [3.63, 3.8) is 0 Å². The van der Waals surface area contributed by atoms with Crippen LogP contribution in [0.15, 0.2) is 108 Å². The molecular formula is C97H152N2O8. The first-order chi connectivity index (χ1) is 51.0. The van der Waals surface area contributed by atoms with Gasteiger partial charge in [0.1, 0.15) is 45.7 Å². The van der Waals surface area contributed by atoms with Gasteiger partial charge in [0.15, 0.2) is 0 Å². The fourth-order valence-electron chi connectivity index (χ4n) is 14.1. The maximum atomic E-state index is 14.6. The summed E-state index contributed by atoms with van der Waals surface area (Å²) in [6.07, 6.45) is 41.0.